The number of hydrogen-bond acceptors (Lipinski definition) is 2. The zero-order valence-corrected chi connectivity index (χ0v) is 10.9. The van der Waals surface area contributed by atoms with Crippen molar-refractivity contribution in [3.63, 3.8) is 0 Å². The molecular formula is C11H27BN2. The lowest BCUT2D eigenvalue weighted by Crippen LogP contribution is -2.54. The monoisotopic (exact) mass is 198 g/mol. The molecule has 0 N–H and O–H groups in total. The maximum absolute atomic E-state index is 2.55. The predicted molar refractivity (Wildman–Crippen MR) is 66.7 cm³/mol. The molecule has 0 saturated carbocycles. The molecule has 0 bridgehead atoms. The SMILES string of the molecule is CCN(CC)B(C(C)C)N(CC)CC. The maximum atomic E-state index is 2.55. The van der Waals surface area contributed by atoms with Gasteiger partial charge >= 0.3 is 6.98 Å². The largest absolute Gasteiger partial charge is 0.329 e. The Hall–Kier alpha value is -0.0151. The fourth-order valence-electron chi connectivity index (χ4n) is 2.27. The first-order chi connectivity index (χ1) is 6.62. The van der Waals surface area contributed by atoms with Gasteiger partial charge in [0.25, 0.3) is 0 Å². The summed E-state index contributed by atoms with van der Waals surface area (Å²) in [6.07, 6.45) is 0. The van der Waals surface area contributed by atoms with Gasteiger partial charge in [0, 0.05) is 0 Å². The fourth-order valence-corrected chi connectivity index (χ4v) is 2.27. The van der Waals surface area contributed by atoms with Crippen molar-refractivity contribution in [2.45, 2.75) is 47.4 Å². The molecule has 0 aromatic carbocycles. The van der Waals surface area contributed by atoms with Crippen molar-refractivity contribution in [2.24, 2.45) is 0 Å². The van der Waals surface area contributed by atoms with Crippen LogP contribution in [0.4, 0.5) is 0 Å². The summed E-state index contributed by atoms with van der Waals surface area (Å²) in [6, 6.07) is 0. The van der Waals surface area contributed by atoms with E-state index < -0.39 is 0 Å². The first-order valence-corrected chi connectivity index (χ1v) is 6.10. The van der Waals surface area contributed by atoms with Gasteiger partial charge in [0.2, 0.25) is 0 Å². The van der Waals surface area contributed by atoms with Crippen molar-refractivity contribution in [1.82, 2.24) is 9.62 Å². The Balaban J connectivity index is 4.54. The minimum absolute atomic E-state index is 0.611. The van der Waals surface area contributed by atoms with Crippen molar-refractivity contribution >= 4 is 6.98 Å². The molecule has 0 rings (SSSR count). The van der Waals surface area contributed by atoms with E-state index in [0.717, 1.165) is 26.2 Å². The van der Waals surface area contributed by atoms with E-state index in [1.54, 1.807) is 0 Å². The van der Waals surface area contributed by atoms with E-state index in [4.69, 9.17) is 0 Å². The summed E-state index contributed by atoms with van der Waals surface area (Å²) < 4.78 is 0. The molecule has 0 saturated heterocycles. The molecule has 3 heteroatoms. The average Bonchev–Trinajstić information content (AvgIpc) is 2.18. The Morgan fingerprint density at radius 2 is 1.07 bits per heavy atom. The molecule has 0 radical (unpaired) electrons. The van der Waals surface area contributed by atoms with Crippen LogP contribution in [0.3, 0.4) is 0 Å². The standard InChI is InChI=1S/C11H27BN2/c1-7-13(8-2)12(11(5)6)14(9-3)10-4/h11H,7-10H2,1-6H3. The van der Waals surface area contributed by atoms with Crippen LogP contribution in [0, 0.1) is 0 Å². The normalized spacial score (nSPS) is 11.8. The lowest BCUT2D eigenvalue weighted by Gasteiger charge is -2.37. The van der Waals surface area contributed by atoms with Crippen LogP contribution in [0.25, 0.3) is 0 Å². The summed E-state index contributed by atoms with van der Waals surface area (Å²) in [4.78, 5) is 5.11. The van der Waals surface area contributed by atoms with Crippen molar-refractivity contribution in [3.05, 3.63) is 0 Å². The molecule has 0 spiro atoms. The smallest absolute Gasteiger partial charge is 0.313 e. The molecule has 0 amide bonds. The minimum atomic E-state index is 0.611. The van der Waals surface area contributed by atoms with Crippen LogP contribution < -0.4 is 0 Å². The van der Waals surface area contributed by atoms with Gasteiger partial charge in [0.1, 0.15) is 0 Å². The van der Waals surface area contributed by atoms with E-state index in [2.05, 4.69) is 51.2 Å². The van der Waals surface area contributed by atoms with Gasteiger partial charge in [0.15, 0.2) is 0 Å². The van der Waals surface area contributed by atoms with Gasteiger partial charge < -0.3 is 9.62 Å². The summed E-state index contributed by atoms with van der Waals surface area (Å²) in [5.74, 6) is 0.704. The molecule has 2 nitrogen and oxygen atoms in total. The van der Waals surface area contributed by atoms with Crippen LogP contribution in [0.15, 0.2) is 0 Å². The van der Waals surface area contributed by atoms with Gasteiger partial charge in [0.05, 0.1) is 0 Å². The second kappa shape index (κ2) is 7.30. The number of rotatable bonds is 7. The summed E-state index contributed by atoms with van der Waals surface area (Å²) in [7, 11) is 0. The summed E-state index contributed by atoms with van der Waals surface area (Å²) >= 11 is 0. The van der Waals surface area contributed by atoms with Crippen LogP contribution in [0.2, 0.25) is 5.82 Å². The Kier molecular flexibility index (Phi) is 7.29. The third-order valence-corrected chi connectivity index (χ3v) is 2.97. The van der Waals surface area contributed by atoms with Crippen molar-refractivity contribution in [3.8, 4) is 0 Å². The first kappa shape index (κ1) is 14.0. The molecule has 84 valence electrons. The van der Waals surface area contributed by atoms with Gasteiger partial charge in [-0.05, 0) is 32.0 Å². The van der Waals surface area contributed by atoms with Crippen LogP contribution in [0.1, 0.15) is 41.5 Å². The average molecular weight is 198 g/mol. The first-order valence-electron chi connectivity index (χ1n) is 6.10. The molecule has 0 aliphatic rings. The maximum Gasteiger partial charge on any atom is 0.313 e. The lowest BCUT2D eigenvalue weighted by molar-refractivity contribution is 0.368. The van der Waals surface area contributed by atoms with Crippen molar-refractivity contribution in [2.75, 3.05) is 26.2 Å². The van der Waals surface area contributed by atoms with E-state index in [-0.39, 0.29) is 0 Å². The molecular weight excluding hydrogens is 171 g/mol. The van der Waals surface area contributed by atoms with Gasteiger partial charge in [-0.25, -0.2) is 0 Å². The van der Waals surface area contributed by atoms with Crippen molar-refractivity contribution in [1.29, 1.82) is 0 Å². The second-order valence-electron chi connectivity index (χ2n) is 4.10. The zero-order valence-electron chi connectivity index (χ0n) is 10.9. The molecule has 0 atom stereocenters. The number of nitrogens with zero attached hydrogens (tertiary/aromatic N) is 2. The van der Waals surface area contributed by atoms with Crippen LogP contribution >= 0.6 is 0 Å². The molecule has 0 aromatic heterocycles. The molecule has 14 heavy (non-hydrogen) atoms. The molecule has 0 fully saturated rings. The zero-order chi connectivity index (χ0) is 11.1. The van der Waals surface area contributed by atoms with E-state index >= 15 is 0 Å². The van der Waals surface area contributed by atoms with E-state index in [0.29, 0.717) is 12.8 Å². The quantitative estimate of drug-likeness (QED) is 0.580. The third-order valence-electron chi connectivity index (χ3n) is 2.97. The summed E-state index contributed by atoms with van der Waals surface area (Å²) in [5.41, 5.74) is 0. The molecule has 0 aliphatic heterocycles. The van der Waals surface area contributed by atoms with Gasteiger partial charge in [-0.1, -0.05) is 41.5 Å². The Labute approximate surface area is 90.8 Å². The second-order valence-corrected chi connectivity index (χ2v) is 4.10. The summed E-state index contributed by atoms with van der Waals surface area (Å²) in [6.45, 7) is 18.9. The Morgan fingerprint density at radius 1 is 0.786 bits per heavy atom. The fraction of sp³-hybridized carbons (Fsp3) is 1.00. The highest BCUT2D eigenvalue weighted by atomic mass is 15.2. The molecule has 0 aromatic rings. The highest BCUT2D eigenvalue weighted by molar-refractivity contribution is 6.54. The van der Waals surface area contributed by atoms with E-state index in [1.807, 2.05) is 0 Å². The van der Waals surface area contributed by atoms with Gasteiger partial charge in [-0.3, -0.25) is 0 Å². The predicted octanol–water partition coefficient (Wildman–Crippen LogP) is 2.57. The number of hydrogen-bond donors (Lipinski definition) is 0. The van der Waals surface area contributed by atoms with E-state index in [1.165, 1.54) is 0 Å². The Morgan fingerprint density at radius 3 is 1.21 bits per heavy atom. The van der Waals surface area contributed by atoms with Crippen LogP contribution in [0.5, 0.6) is 0 Å². The van der Waals surface area contributed by atoms with Crippen molar-refractivity contribution < 1.29 is 0 Å². The van der Waals surface area contributed by atoms with Crippen LogP contribution in [-0.4, -0.2) is 42.8 Å². The highest BCUT2D eigenvalue weighted by Crippen LogP contribution is 2.15. The molecule has 0 heterocycles. The Bertz CT molecular complexity index is 119. The topological polar surface area (TPSA) is 6.48 Å². The minimum Gasteiger partial charge on any atom is -0.329 e. The van der Waals surface area contributed by atoms with Gasteiger partial charge in [-0.2, -0.15) is 0 Å². The third kappa shape index (κ3) is 3.62. The van der Waals surface area contributed by atoms with Crippen LogP contribution in [-0.2, 0) is 0 Å². The highest BCUT2D eigenvalue weighted by Gasteiger charge is 2.29. The van der Waals surface area contributed by atoms with E-state index in [9.17, 15) is 0 Å². The molecule has 0 unspecified atom stereocenters. The lowest BCUT2D eigenvalue weighted by atomic mass is 9.60. The molecule has 0 aliphatic carbocycles. The van der Waals surface area contributed by atoms with Gasteiger partial charge in [-0.15, -0.1) is 0 Å². The summed E-state index contributed by atoms with van der Waals surface area (Å²) in [5, 5.41) is 0.